The van der Waals surface area contributed by atoms with Crippen molar-refractivity contribution >= 4 is 5.97 Å². The Morgan fingerprint density at radius 3 is 2.94 bits per heavy atom. The first-order chi connectivity index (χ1) is 8.29. The highest BCUT2D eigenvalue weighted by Gasteiger charge is 2.18. The lowest BCUT2D eigenvalue weighted by molar-refractivity contribution is 0.0512. The molecule has 0 saturated carbocycles. The number of nitrogens with one attached hydrogen (secondary N) is 2. The fourth-order valence-electron chi connectivity index (χ4n) is 2.03. The van der Waals surface area contributed by atoms with Gasteiger partial charge in [-0.15, -0.1) is 5.10 Å². The highest BCUT2D eigenvalue weighted by molar-refractivity contribution is 5.84. The molecule has 0 aliphatic carbocycles. The fourth-order valence-corrected chi connectivity index (χ4v) is 2.03. The van der Waals surface area contributed by atoms with Crippen molar-refractivity contribution in [1.82, 2.24) is 20.5 Å². The van der Waals surface area contributed by atoms with Gasteiger partial charge in [-0.3, -0.25) is 5.10 Å². The highest BCUT2D eigenvalue weighted by Crippen LogP contribution is 2.15. The van der Waals surface area contributed by atoms with Crippen LogP contribution in [0.25, 0.3) is 0 Å². The number of rotatable bonds is 4. The van der Waals surface area contributed by atoms with Crippen LogP contribution in [0.5, 0.6) is 0 Å². The lowest BCUT2D eigenvalue weighted by atomic mass is 9.94. The van der Waals surface area contributed by atoms with E-state index >= 15 is 0 Å². The zero-order valence-electron chi connectivity index (χ0n) is 10.0. The number of aromatic nitrogens is 3. The van der Waals surface area contributed by atoms with Crippen LogP contribution in [0.2, 0.25) is 0 Å². The summed E-state index contributed by atoms with van der Waals surface area (Å²) in [5, 5.41) is 10.0. The molecule has 1 fully saturated rings. The zero-order chi connectivity index (χ0) is 12.1. The summed E-state index contributed by atoms with van der Waals surface area (Å²) < 4.78 is 4.84. The highest BCUT2D eigenvalue weighted by atomic mass is 16.5. The first-order valence-electron chi connectivity index (χ1n) is 6.08. The van der Waals surface area contributed by atoms with Gasteiger partial charge in [-0.05, 0) is 38.8 Å². The molecule has 17 heavy (non-hydrogen) atoms. The van der Waals surface area contributed by atoms with Gasteiger partial charge in [0.1, 0.15) is 5.82 Å². The fraction of sp³-hybridized carbons (Fsp3) is 0.727. The lowest BCUT2D eigenvalue weighted by Crippen LogP contribution is -2.28. The van der Waals surface area contributed by atoms with Crippen molar-refractivity contribution in [2.75, 3.05) is 19.7 Å². The van der Waals surface area contributed by atoms with Gasteiger partial charge < -0.3 is 10.1 Å². The molecule has 94 valence electrons. The average molecular weight is 238 g/mol. The van der Waals surface area contributed by atoms with E-state index in [0.717, 1.165) is 38.2 Å². The van der Waals surface area contributed by atoms with Crippen LogP contribution < -0.4 is 5.32 Å². The van der Waals surface area contributed by atoms with E-state index in [0.29, 0.717) is 12.5 Å². The SMILES string of the molecule is CCOC(=O)c1n[nH]c(CC2CCNCC2)n1. The molecule has 2 rings (SSSR count). The smallest absolute Gasteiger partial charge is 0.378 e. The summed E-state index contributed by atoms with van der Waals surface area (Å²) >= 11 is 0. The second kappa shape index (κ2) is 5.77. The van der Waals surface area contributed by atoms with Crippen LogP contribution >= 0.6 is 0 Å². The number of esters is 1. The molecule has 0 atom stereocenters. The Morgan fingerprint density at radius 1 is 1.47 bits per heavy atom. The van der Waals surface area contributed by atoms with Gasteiger partial charge in [-0.2, -0.15) is 0 Å². The van der Waals surface area contributed by atoms with Gasteiger partial charge in [0.2, 0.25) is 0 Å². The Morgan fingerprint density at radius 2 is 2.24 bits per heavy atom. The lowest BCUT2D eigenvalue weighted by Gasteiger charge is -2.21. The van der Waals surface area contributed by atoms with Gasteiger partial charge in [0.15, 0.2) is 0 Å². The summed E-state index contributed by atoms with van der Waals surface area (Å²) in [6, 6.07) is 0. The molecule has 1 aromatic rings. The van der Waals surface area contributed by atoms with Crippen molar-refractivity contribution in [1.29, 1.82) is 0 Å². The van der Waals surface area contributed by atoms with Gasteiger partial charge in [-0.1, -0.05) is 0 Å². The summed E-state index contributed by atoms with van der Waals surface area (Å²) in [4.78, 5) is 15.5. The van der Waals surface area contributed by atoms with E-state index in [1.807, 2.05) is 0 Å². The molecule has 1 aliphatic heterocycles. The van der Waals surface area contributed by atoms with Crippen LogP contribution in [-0.2, 0) is 11.2 Å². The molecule has 0 spiro atoms. The molecule has 6 nitrogen and oxygen atoms in total. The van der Waals surface area contributed by atoms with Crippen LogP contribution in [-0.4, -0.2) is 40.8 Å². The summed E-state index contributed by atoms with van der Waals surface area (Å²) in [6.07, 6.45) is 3.15. The minimum Gasteiger partial charge on any atom is -0.460 e. The predicted molar refractivity (Wildman–Crippen MR) is 61.6 cm³/mol. The Bertz CT molecular complexity index is 371. The first kappa shape index (κ1) is 12.0. The second-order valence-corrected chi connectivity index (χ2v) is 4.22. The van der Waals surface area contributed by atoms with Crippen molar-refractivity contribution in [2.24, 2.45) is 5.92 Å². The van der Waals surface area contributed by atoms with Gasteiger partial charge in [0, 0.05) is 6.42 Å². The zero-order valence-corrected chi connectivity index (χ0v) is 10.0. The number of carbonyl (C=O) groups excluding carboxylic acids is 1. The maximum atomic E-state index is 11.4. The Balaban J connectivity index is 1.91. The predicted octanol–water partition coefficient (Wildman–Crippen LogP) is 0.523. The second-order valence-electron chi connectivity index (χ2n) is 4.22. The van der Waals surface area contributed by atoms with E-state index < -0.39 is 5.97 Å². The number of H-pyrrole nitrogens is 1. The quantitative estimate of drug-likeness (QED) is 0.748. The standard InChI is InChI=1S/C11H18N4O2/c1-2-17-11(16)10-13-9(14-15-10)7-8-3-5-12-6-4-8/h8,12H,2-7H2,1H3,(H,13,14,15). The summed E-state index contributed by atoms with van der Waals surface area (Å²) in [6.45, 7) is 4.23. The van der Waals surface area contributed by atoms with Crippen molar-refractivity contribution in [2.45, 2.75) is 26.2 Å². The van der Waals surface area contributed by atoms with E-state index in [2.05, 4.69) is 20.5 Å². The van der Waals surface area contributed by atoms with Crippen LogP contribution in [0.1, 0.15) is 36.2 Å². The van der Waals surface area contributed by atoms with Gasteiger partial charge in [0.05, 0.1) is 6.61 Å². The number of ether oxygens (including phenoxy) is 1. The Kier molecular flexibility index (Phi) is 4.08. The number of aromatic amines is 1. The van der Waals surface area contributed by atoms with Gasteiger partial charge in [0.25, 0.3) is 5.82 Å². The van der Waals surface area contributed by atoms with E-state index in [-0.39, 0.29) is 5.82 Å². The molecular weight excluding hydrogens is 220 g/mol. The van der Waals surface area contributed by atoms with E-state index in [1.54, 1.807) is 6.92 Å². The molecular formula is C11H18N4O2. The molecule has 0 amide bonds. The normalized spacial score (nSPS) is 17.0. The van der Waals surface area contributed by atoms with Crippen LogP contribution in [0.3, 0.4) is 0 Å². The van der Waals surface area contributed by atoms with E-state index in [9.17, 15) is 4.79 Å². The third-order valence-corrected chi connectivity index (χ3v) is 2.93. The molecule has 1 aliphatic rings. The number of nitrogens with zero attached hydrogens (tertiary/aromatic N) is 2. The molecule has 0 radical (unpaired) electrons. The number of hydrogen-bond donors (Lipinski definition) is 2. The van der Waals surface area contributed by atoms with Crippen molar-refractivity contribution < 1.29 is 9.53 Å². The molecule has 0 bridgehead atoms. The van der Waals surface area contributed by atoms with Crippen LogP contribution in [0.15, 0.2) is 0 Å². The third-order valence-electron chi connectivity index (χ3n) is 2.93. The van der Waals surface area contributed by atoms with Crippen LogP contribution in [0.4, 0.5) is 0 Å². The van der Waals surface area contributed by atoms with E-state index in [4.69, 9.17) is 4.74 Å². The minimum absolute atomic E-state index is 0.135. The third kappa shape index (κ3) is 3.26. The Labute approximate surface area is 100 Å². The average Bonchev–Trinajstić information content (AvgIpc) is 2.79. The van der Waals surface area contributed by atoms with Crippen molar-refractivity contribution in [3.05, 3.63) is 11.6 Å². The van der Waals surface area contributed by atoms with Gasteiger partial charge >= 0.3 is 5.97 Å². The maximum absolute atomic E-state index is 11.4. The molecule has 0 aromatic carbocycles. The molecule has 1 aromatic heterocycles. The Hall–Kier alpha value is -1.43. The monoisotopic (exact) mass is 238 g/mol. The molecule has 2 heterocycles. The number of hydrogen-bond acceptors (Lipinski definition) is 5. The largest absolute Gasteiger partial charge is 0.460 e. The van der Waals surface area contributed by atoms with Crippen LogP contribution in [0, 0.1) is 5.92 Å². The summed E-state index contributed by atoms with van der Waals surface area (Å²) in [5.74, 6) is 1.08. The van der Waals surface area contributed by atoms with Crippen molar-refractivity contribution in [3.63, 3.8) is 0 Å². The summed E-state index contributed by atoms with van der Waals surface area (Å²) in [5.41, 5.74) is 0. The molecule has 6 heteroatoms. The first-order valence-corrected chi connectivity index (χ1v) is 6.08. The molecule has 2 N–H and O–H groups in total. The topological polar surface area (TPSA) is 79.9 Å². The number of piperidine rings is 1. The van der Waals surface area contributed by atoms with E-state index in [1.165, 1.54) is 0 Å². The minimum atomic E-state index is -0.458. The maximum Gasteiger partial charge on any atom is 0.378 e. The van der Waals surface area contributed by atoms with Crippen molar-refractivity contribution in [3.8, 4) is 0 Å². The molecule has 1 saturated heterocycles. The number of carbonyl (C=O) groups is 1. The van der Waals surface area contributed by atoms with Gasteiger partial charge in [-0.25, -0.2) is 9.78 Å². The summed E-state index contributed by atoms with van der Waals surface area (Å²) in [7, 11) is 0. The molecule has 0 unspecified atom stereocenters.